The van der Waals surface area contributed by atoms with E-state index in [2.05, 4.69) is 34.5 Å². The lowest BCUT2D eigenvalue weighted by Gasteiger charge is -2.31. The van der Waals surface area contributed by atoms with E-state index in [9.17, 15) is 5.11 Å². The third-order valence-corrected chi connectivity index (χ3v) is 7.57. The molecule has 0 spiro atoms. The summed E-state index contributed by atoms with van der Waals surface area (Å²) >= 11 is 0. The molecule has 2 aliphatic rings. The second kappa shape index (κ2) is 11.1. The molecule has 0 amide bonds. The van der Waals surface area contributed by atoms with Gasteiger partial charge < -0.3 is 24.2 Å². The minimum atomic E-state index is 0.0769. The normalized spacial score (nSPS) is 16.4. The van der Waals surface area contributed by atoms with E-state index in [1.54, 1.807) is 14.2 Å². The van der Waals surface area contributed by atoms with Gasteiger partial charge in [-0.25, -0.2) is 4.52 Å². The molecule has 0 unspecified atom stereocenters. The fourth-order valence-electron chi connectivity index (χ4n) is 5.48. The molecule has 1 saturated carbocycles. The number of fused-ring (bicyclic) bond motifs is 1. The van der Waals surface area contributed by atoms with Gasteiger partial charge in [-0.15, -0.1) is 0 Å². The number of nitrogens with zero attached hydrogens (tertiary/aromatic N) is 3. The first-order chi connectivity index (χ1) is 17.7. The van der Waals surface area contributed by atoms with Crippen molar-refractivity contribution in [1.82, 2.24) is 9.61 Å². The van der Waals surface area contributed by atoms with Crippen LogP contribution in [0, 0.1) is 11.8 Å². The average molecular weight is 494 g/mol. The lowest BCUT2D eigenvalue weighted by Crippen LogP contribution is -2.34. The summed E-state index contributed by atoms with van der Waals surface area (Å²) in [6.45, 7) is 6.16. The van der Waals surface area contributed by atoms with Crippen LogP contribution in [-0.4, -0.2) is 61.9 Å². The summed E-state index contributed by atoms with van der Waals surface area (Å²) in [7, 11) is 3.36. The Bertz CT molecular complexity index is 1160. The predicted octanol–water partition coefficient (Wildman–Crippen LogP) is 4.76. The number of aliphatic hydroxyl groups is 1. The van der Waals surface area contributed by atoms with Crippen molar-refractivity contribution in [2.75, 3.05) is 52.0 Å². The first kappa shape index (κ1) is 24.9. The quantitative estimate of drug-likeness (QED) is 0.415. The second-order valence-electron chi connectivity index (χ2n) is 10.1. The van der Waals surface area contributed by atoms with Crippen molar-refractivity contribution in [3.63, 3.8) is 0 Å². The van der Waals surface area contributed by atoms with Crippen molar-refractivity contribution in [3.05, 3.63) is 41.6 Å². The molecule has 194 valence electrons. The highest BCUT2D eigenvalue weighted by molar-refractivity contribution is 5.82. The van der Waals surface area contributed by atoms with Gasteiger partial charge in [0.25, 0.3) is 0 Å². The van der Waals surface area contributed by atoms with Crippen LogP contribution in [0.25, 0.3) is 16.8 Å². The highest BCUT2D eigenvalue weighted by Gasteiger charge is 2.30. The number of ether oxygens (including phenoxy) is 3. The Morgan fingerprint density at radius 2 is 1.69 bits per heavy atom. The number of aryl methyl sites for hydroxylation is 1. The largest absolute Gasteiger partial charge is 0.496 e. The van der Waals surface area contributed by atoms with Gasteiger partial charge in [0.05, 0.1) is 42.4 Å². The van der Waals surface area contributed by atoms with Crippen LogP contribution in [-0.2, 0) is 17.6 Å². The highest BCUT2D eigenvalue weighted by atomic mass is 16.5. The maximum absolute atomic E-state index is 9.46. The van der Waals surface area contributed by atoms with Gasteiger partial charge in [-0.05, 0) is 80.2 Å². The zero-order valence-corrected chi connectivity index (χ0v) is 21.8. The number of methoxy groups -OCH3 is 2. The van der Waals surface area contributed by atoms with E-state index in [-0.39, 0.29) is 6.61 Å². The molecule has 3 heterocycles. The van der Waals surface area contributed by atoms with Crippen molar-refractivity contribution in [2.45, 2.75) is 45.4 Å². The molecule has 2 aromatic heterocycles. The van der Waals surface area contributed by atoms with E-state index in [1.807, 2.05) is 12.1 Å². The molecule has 2 fully saturated rings. The number of benzene rings is 1. The van der Waals surface area contributed by atoms with E-state index < -0.39 is 0 Å². The molecule has 1 saturated heterocycles. The molecule has 1 aliphatic heterocycles. The van der Waals surface area contributed by atoms with Crippen LogP contribution in [0.3, 0.4) is 0 Å². The van der Waals surface area contributed by atoms with Gasteiger partial charge >= 0.3 is 0 Å². The molecular formula is C29H39N3O4. The second-order valence-corrected chi connectivity index (χ2v) is 10.1. The van der Waals surface area contributed by atoms with Crippen LogP contribution in [0.1, 0.15) is 43.9 Å². The fraction of sp³-hybridized carbons (Fsp3) is 0.552. The third kappa shape index (κ3) is 5.04. The number of pyridine rings is 1. The Labute approximate surface area is 214 Å². The van der Waals surface area contributed by atoms with Gasteiger partial charge in [-0.2, -0.15) is 5.10 Å². The third-order valence-electron chi connectivity index (χ3n) is 7.57. The summed E-state index contributed by atoms with van der Waals surface area (Å²) in [6.07, 6.45) is 6.32. The van der Waals surface area contributed by atoms with Crippen molar-refractivity contribution in [1.29, 1.82) is 0 Å². The van der Waals surface area contributed by atoms with Crippen LogP contribution >= 0.6 is 0 Å². The minimum Gasteiger partial charge on any atom is -0.496 e. The molecule has 5 rings (SSSR count). The Hall–Kier alpha value is -2.77. The Morgan fingerprint density at radius 1 is 1.03 bits per heavy atom. The van der Waals surface area contributed by atoms with Gasteiger partial charge in [0.15, 0.2) is 0 Å². The molecule has 0 atom stereocenters. The Kier molecular flexibility index (Phi) is 7.67. The number of rotatable bonds is 11. The maximum Gasteiger partial charge on any atom is 0.132 e. The summed E-state index contributed by atoms with van der Waals surface area (Å²) in [4.78, 5) is 2.62. The van der Waals surface area contributed by atoms with Gasteiger partial charge in [0.2, 0.25) is 0 Å². The van der Waals surface area contributed by atoms with Crippen LogP contribution in [0.15, 0.2) is 30.3 Å². The summed E-state index contributed by atoms with van der Waals surface area (Å²) < 4.78 is 19.4. The van der Waals surface area contributed by atoms with Gasteiger partial charge in [0.1, 0.15) is 11.5 Å². The predicted molar refractivity (Wildman–Crippen MR) is 142 cm³/mol. The molecule has 1 aromatic carbocycles. The summed E-state index contributed by atoms with van der Waals surface area (Å²) in [6, 6.07) is 10.4. The maximum atomic E-state index is 9.46. The van der Waals surface area contributed by atoms with Crippen LogP contribution in [0.5, 0.6) is 11.5 Å². The standard InChI is InChI=1S/C29H39N3O4/c1-4-23-29(31(18-20-8-9-20)19-21-11-14-36-15-12-21)25-7-5-6-24(32(25)30-23)28-26(34-2)16-22(10-13-33)17-27(28)35-3/h5-7,16-17,20-21,33H,4,8-15,18-19H2,1-3H3. The first-order valence-corrected chi connectivity index (χ1v) is 13.4. The topological polar surface area (TPSA) is 68.5 Å². The lowest BCUT2D eigenvalue weighted by atomic mass is 9.99. The van der Waals surface area contributed by atoms with Crippen molar-refractivity contribution >= 4 is 11.2 Å². The number of aromatic nitrogens is 2. The molecule has 3 aromatic rings. The van der Waals surface area contributed by atoms with Gasteiger partial charge in [-0.1, -0.05) is 13.0 Å². The van der Waals surface area contributed by atoms with E-state index in [1.165, 1.54) is 18.5 Å². The number of aliphatic hydroxyl groups excluding tert-OH is 1. The molecule has 0 bridgehead atoms. The van der Waals surface area contributed by atoms with Crippen LogP contribution in [0.4, 0.5) is 5.69 Å². The molecule has 7 heteroatoms. The molecule has 1 N–H and O–H groups in total. The smallest absolute Gasteiger partial charge is 0.132 e. The van der Waals surface area contributed by atoms with E-state index in [0.29, 0.717) is 12.3 Å². The monoisotopic (exact) mass is 493 g/mol. The van der Waals surface area contributed by atoms with Crippen molar-refractivity contribution in [2.24, 2.45) is 11.8 Å². The van der Waals surface area contributed by atoms with Gasteiger partial charge in [-0.3, -0.25) is 0 Å². The van der Waals surface area contributed by atoms with E-state index in [4.69, 9.17) is 19.3 Å². The lowest BCUT2D eigenvalue weighted by molar-refractivity contribution is 0.0682. The minimum absolute atomic E-state index is 0.0769. The number of anilines is 1. The molecule has 0 radical (unpaired) electrons. The van der Waals surface area contributed by atoms with Crippen LogP contribution < -0.4 is 14.4 Å². The molecular weight excluding hydrogens is 454 g/mol. The van der Waals surface area contributed by atoms with E-state index in [0.717, 1.165) is 91.0 Å². The Morgan fingerprint density at radius 3 is 2.28 bits per heavy atom. The van der Waals surface area contributed by atoms with Crippen LogP contribution in [0.2, 0.25) is 0 Å². The first-order valence-electron chi connectivity index (χ1n) is 13.4. The number of hydrogen-bond acceptors (Lipinski definition) is 6. The van der Waals surface area contributed by atoms with Gasteiger partial charge in [0, 0.05) is 32.9 Å². The van der Waals surface area contributed by atoms with Crippen molar-refractivity contribution < 1.29 is 19.3 Å². The number of hydrogen-bond donors (Lipinski definition) is 1. The molecule has 36 heavy (non-hydrogen) atoms. The van der Waals surface area contributed by atoms with E-state index >= 15 is 0 Å². The SMILES string of the molecule is CCc1nn2c(-c3c(OC)cc(CCO)cc3OC)cccc2c1N(CC1CCOCC1)CC1CC1. The van der Waals surface area contributed by atoms with Crippen molar-refractivity contribution in [3.8, 4) is 22.8 Å². The highest BCUT2D eigenvalue weighted by Crippen LogP contribution is 2.42. The zero-order valence-electron chi connectivity index (χ0n) is 21.8. The Balaban J connectivity index is 1.63. The average Bonchev–Trinajstić information content (AvgIpc) is 3.64. The summed E-state index contributed by atoms with van der Waals surface area (Å²) in [5.41, 5.74) is 6.32. The summed E-state index contributed by atoms with van der Waals surface area (Å²) in [5, 5.41) is 14.6. The fourth-order valence-corrected chi connectivity index (χ4v) is 5.48. The zero-order chi connectivity index (χ0) is 25.1. The molecule has 7 nitrogen and oxygen atoms in total. The summed E-state index contributed by atoms with van der Waals surface area (Å²) in [5.74, 6) is 2.88. The molecule has 1 aliphatic carbocycles.